The predicted molar refractivity (Wildman–Crippen MR) is 105 cm³/mol. The van der Waals surface area contributed by atoms with Gasteiger partial charge in [-0.05, 0) is 53.8 Å². The minimum Gasteiger partial charge on any atom is -0.435 e. The number of carbonyl (C=O) groups is 2. The zero-order chi connectivity index (χ0) is 19.2. The van der Waals surface area contributed by atoms with Crippen LogP contribution in [-0.2, 0) is 27.1 Å². The van der Waals surface area contributed by atoms with E-state index in [4.69, 9.17) is 9.47 Å². The molecule has 2 aromatic rings. The number of nitrogens with one attached hydrogen (secondary N) is 1. The summed E-state index contributed by atoms with van der Waals surface area (Å²) < 4.78 is 10.1. The molecule has 0 aliphatic heterocycles. The summed E-state index contributed by atoms with van der Waals surface area (Å²) in [6.07, 6.45) is 4.01. The Morgan fingerprint density at radius 2 is 2.33 bits per heavy atom. The third-order valence-corrected chi connectivity index (χ3v) is 5.94. The van der Waals surface area contributed by atoms with Crippen LogP contribution < -0.4 is 5.32 Å². The number of ether oxygens (including phenoxy) is 2. The van der Waals surface area contributed by atoms with Crippen LogP contribution in [0, 0.1) is 11.3 Å². The number of rotatable bonds is 5. The fourth-order valence-corrected chi connectivity index (χ4v) is 4.74. The Morgan fingerprint density at radius 3 is 3.04 bits per heavy atom. The van der Waals surface area contributed by atoms with Gasteiger partial charge in [-0.15, -0.1) is 11.3 Å². The van der Waals surface area contributed by atoms with Crippen molar-refractivity contribution >= 4 is 45.8 Å². The quantitative estimate of drug-likeness (QED) is 0.593. The molecule has 2 aromatic heterocycles. The number of anilines is 1. The molecule has 0 radical (unpaired) electrons. The maximum atomic E-state index is 12.2. The number of carbonyl (C=O) groups excluding carboxylic acids is 2. The van der Waals surface area contributed by atoms with Crippen molar-refractivity contribution in [3.63, 3.8) is 0 Å². The third kappa shape index (κ3) is 4.76. The Balaban J connectivity index is 1.69. The first-order chi connectivity index (χ1) is 13.1. The fourth-order valence-electron chi connectivity index (χ4n) is 2.85. The molecule has 6 nitrogen and oxygen atoms in total. The number of hydrogen-bond acceptors (Lipinski definition) is 7. The first-order valence-electron chi connectivity index (χ1n) is 8.50. The van der Waals surface area contributed by atoms with Crippen LogP contribution in [0.1, 0.15) is 34.9 Å². The van der Waals surface area contributed by atoms with E-state index in [2.05, 4.69) is 11.4 Å². The summed E-state index contributed by atoms with van der Waals surface area (Å²) in [7, 11) is 0. The zero-order valence-corrected chi connectivity index (χ0v) is 16.3. The summed E-state index contributed by atoms with van der Waals surface area (Å²) in [6.45, 7) is 1.99. The molecule has 0 aromatic carbocycles. The number of hydrogen-bond donors (Lipinski definition) is 1. The van der Waals surface area contributed by atoms with E-state index in [0.717, 1.165) is 16.0 Å². The number of nitriles is 1. The molecule has 1 N–H and O–H groups in total. The summed E-state index contributed by atoms with van der Waals surface area (Å²) in [4.78, 5) is 24.7. The zero-order valence-electron chi connectivity index (χ0n) is 14.7. The van der Waals surface area contributed by atoms with Crippen molar-refractivity contribution < 1.29 is 19.1 Å². The Hall–Kier alpha value is -2.63. The molecule has 1 amide bonds. The number of fused-ring (bicyclic) bond motifs is 1. The summed E-state index contributed by atoms with van der Waals surface area (Å²) in [5, 5.41) is 16.7. The molecule has 3 rings (SSSR count). The molecule has 0 saturated heterocycles. The van der Waals surface area contributed by atoms with E-state index < -0.39 is 6.16 Å². The van der Waals surface area contributed by atoms with Crippen LogP contribution in [0.4, 0.5) is 9.80 Å². The van der Waals surface area contributed by atoms with Crippen LogP contribution in [-0.4, -0.2) is 24.8 Å². The molecule has 0 bridgehead atoms. The van der Waals surface area contributed by atoms with Gasteiger partial charge in [-0.3, -0.25) is 4.79 Å². The molecule has 27 heavy (non-hydrogen) atoms. The monoisotopic (exact) mass is 402 g/mol. The highest BCUT2D eigenvalue weighted by Crippen LogP contribution is 2.38. The van der Waals surface area contributed by atoms with Crippen molar-refractivity contribution in [2.75, 3.05) is 11.9 Å². The highest BCUT2D eigenvalue weighted by atomic mass is 32.1. The van der Waals surface area contributed by atoms with Crippen molar-refractivity contribution in [3.8, 4) is 6.07 Å². The Labute approximate surface area is 165 Å². The summed E-state index contributed by atoms with van der Waals surface area (Å²) in [5.74, 6) is -0.282. The molecule has 1 unspecified atom stereocenters. The van der Waals surface area contributed by atoms with Gasteiger partial charge in [0.25, 0.3) is 0 Å². The van der Waals surface area contributed by atoms with Crippen molar-refractivity contribution in [2.45, 2.75) is 32.3 Å². The normalized spacial score (nSPS) is 15.8. The Morgan fingerprint density at radius 1 is 1.48 bits per heavy atom. The smallest absolute Gasteiger partial charge is 0.435 e. The average molecular weight is 402 g/mol. The van der Waals surface area contributed by atoms with Gasteiger partial charge in [0.1, 0.15) is 17.2 Å². The highest BCUT2D eigenvalue weighted by Gasteiger charge is 2.28. The molecule has 1 aliphatic rings. The minimum absolute atomic E-state index is 0.267. The van der Waals surface area contributed by atoms with E-state index >= 15 is 0 Å². The van der Waals surface area contributed by atoms with E-state index in [9.17, 15) is 14.9 Å². The van der Waals surface area contributed by atoms with Crippen molar-refractivity contribution in [1.82, 2.24) is 0 Å². The topological polar surface area (TPSA) is 88.4 Å². The number of nitrogens with zero attached hydrogens (tertiary/aromatic N) is 1. The number of thiophene rings is 2. The van der Waals surface area contributed by atoms with E-state index in [1.165, 1.54) is 17.4 Å². The molecule has 1 atom stereocenters. The van der Waals surface area contributed by atoms with Crippen LogP contribution in [0.5, 0.6) is 0 Å². The van der Waals surface area contributed by atoms with Gasteiger partial charge >= 0.3 is 6.16 Å². The predicted octanol–water partition coefficient (Wildman–Crippen LogP) is 4.36. The van der Waals surface area contributed by atoms with Crippen LogP contribution in [0.25, 0.3) is 6.08 Å². The largest absolute Gasteiger partial charge is 0.508 e. The minimum atomic E-state index is -0.671. The van der Waals surface area contributed by atoms with Gasteiger partial charge in [-0.2, -0.15) is 16.6 Å². The highest BCUT2D eigenvalue weighted by molar-refractivity contribution is 7.16. The van der Waals surface area contributed by atoms with Gasteiger partial charge in [-0.25, -0.2) is 4.79 Å². The second-order valence-corrected chi connectivity index (χ2v) is 7.75. The van der Waals surface area contributed by atoms with Crippen LogP contribution in [0.3, 0.4) is 0 Å². The van der Waals surface area contributed by atoms with Crippen LogP contribution in [0.15, 0.2) is 22.9 Å². The van der Waals surface area contributed by atoms with Gasteiger partial charge in [0.15, 0.2) is 0 Å². The summed E-state index contributed by atoms with van der Waals surface area (Å²) in [6, 6.07) is 4.11. The lowest BCUT2D eigenvalue weighted by Gasteiger charge is -2.21. The van der Waals surface area contributed by atoms with Crippen molar-refractivity contribution in [3.05, 3.63) is 44.5 Å². The second-order valence-electron chi connectivity index (χ2n) is 5.86. The van der Waals surface area contributed by atoms with Gasteiger partial charge in [0, 0.05) is 17.4 Å². The molecule has 0 spiro atoms. The maximum absolute atomic E-state index is 12.2. The van der Waals surface area contributed by atoms with E-state index in [1.54, 1.807) is 24.3 Å². The van der Waals surface area contributed by atoms with Gasteiger partial charge in [0.05, 0.1) is 12.2 Å². The molecule has 0 saturated carbocycles. The number of amides is 1. The Bertz CT molecular complexity index is 894. The molecular weight excluding hydrogens is 384 g/mol. The van der Waals surface area contributed by atoms with Gasteiger partial charge < -0.3 is 14.8 Å². The molecule has 2 heterocycles. The molecule has 1 aliphatic carbocycles. The van der Waals surface area contributed by atoms with E-state index in [0.29, 0.717) is 29.8 Å². The van der Waals surface area contributed by atoms with Gasteiger partial charge in [0.2, 0.25) is 5.91 Å². The first kappa shape index (κ1) is 19.1. The van der Waals surface area contributed by atoms with E-state index in [1.807, 2.05) is 16.8 Å². The van der Waals surface area contributed by atoms with E-state index in [-0.39, 0.29) is 18.6 Å². The van der Waals surface area contributed by atoms with Crippen molar-refractivity contribution in [1.29, 1.82) is 5.26 Å². The lowest BCUT2D eigenvalue weighted by atomic mass is 9.94. The fraction of sp³-hybridized carbons (Fsp3) is 0.316. The van der Waals surface area contributed by atoms with Crippen LogP contribution in [0.2, 0.25) is 0 Å². The standard InChI is InChI=1S/C19H18N2O4S2/c1-2-24-19(23)25-13-4-5-14-15(10-20)18(27-16(14)9-13)21-17(22)6-3-12-7-8-26-11-12/h3,6-8,11,13H,2,4-5,9H2,1H3,(H,21,22)/b6-3+. The van der Waals surface area contributed by atoms with Crippen LogP contribution >= 0.6 is 22.7 Å². The molecule has 8 heteroatoms. The maximum Gasteiger partial charge on any atom is 0.508 e. The van der Waals surface area contributed by atoms with Crippen molar-refractivity contribution in [2.24, 2.45) is 0 Å². The lowest BCUT2D eigenvalue weighted by molar-refractivity contribution is -0.111. The van der Waals surface area contributed by atoms with Gasteiger partial charge in [-0.1, -0.05) is 0 Å². The molecule has 140 valence electrons. The summed E-state index contributed by atoms with van der Waals surface area (Å²) >= 11 is 2.92. The third-order valence-electron chi connectivity index (χ3n) is 4.06. The lowest BCUT2D eigenvalue weighted by Crippen LogP contribution is -2.25. The first-order valence-corrected chi connectivity index (χ1v) is 10.3. The Kier molecular flexibility index (Phi) is 6.27. The SMILES string of the molecule is CCOC(=O)OC1CCc2c(sc(NC(=O)/C=C/c3ccsc3)c2C#N)C1. The second kappa shape index (κ2) is 8.84. The molecule has 0 fully saturated rings. The summed E-state index contributed by atoms with van der Waals surface area (Å²) in [5.41, 5.74) is 2.39. The molecular formula is C19H18N2O4S2. The average Bonchev–Trinajstić information content (AvgIpc) is 3.26.